The fourth-order valence-corrected chi connectivity index (χ4v) is 17.3. The molecule has 133 heavy (non-hydrogen) atoms. The Balaban J connectivity index is 0.000000165. The van der Waals surface area contributed by atoms with Crippen molar-refractivity contribution in [2.45, 2.75) is 76.3 Å². The summed E-state index contributed by atoms with van der Waals surface area (Å²) in [5, 5.41) is 16.0. The second-order valence-corrected chi connectivity index (χ2v) is 35.1. The summed E-state index contributed by atoms with van der Waals surface area (Å²) in [5.41, 5.74) is 19.7. The number of nitrogens with two attached hydrogens (primary N) is 2. The van der Waals surface area contributed by atoms with Crippen LogP contribution in [0.25, 0.3) is 88.1 Å². The van der Waals surface area contributed by atoms with Gasteiger partial charge in [0.2, 0.25) is 28.4 Å². The number of ether oxygens (including phenoxy) is 13. The lowest BCUT2D eigenvalue weighted by atomic mass is 9.97. The lowest BCUT2D eigenvalue weighted by molar-refractivity contribution is -0.156. The minimum absolute atomic E-state index is 0.00393. The number of ketones is 1. The zero-order chi connectivity index (χ0) is 96.2. The van der Waals surface area contributed by atoms with Gasteiger partial charge in [0.05, 0.1) is 203 Å². The number of nitrogens with zero attached hydrogens (tertiary/aromatic N) is 8. The van der Waals surface area contributed by atoms with Crippen molar-refractivity contribution in [2.24, 2.45) is 29.2 Å². The van der Waals surface area contributed by atoms with E-state index in [-0.39, 0.29) is 59.5 Å². The fourth-order valence-electron chi connectivity index (χ4n) is 14.3. The number of fused-ring (bicyclic) bond motifs is 4. The average Bonchev–Trinajstić information content (AvgIpc) is 1.09. The lowest BCUT2D eigenvalue weighted by Gasteiger charge is -2.23. The number of halogens is 10. The predicted octanol–water partition coefficient (Wildman–Crippen LogP) is 20.9. The molecule has 8 atom stereocenters. The molecule has 0 unspecified atom stereocenters. The first-order chi connectivity index (χ1) is 63.7. The molecule has 4 aromatic heterocycles. The number of carbonyl (C=O) groups is 3. The summed E-state index contributed by atoms with van der Waals surface area (Å²) in [6.45, 7) is 18.9. The van der Waals surface area contributed by atoms with E-state index in [1.165, 1.54) is 48.7 Å². The Morgan fingerprint density at radius 1 is 0.398 bits per heavy atom. The quantitative estimate of drug-likeness (QED) is 0.0162. The molecule has 4 saturated heterocycles. The van der Waals surface area contributed by atoms with E-state index < -0.39 is 10.8 Å². The van der Waals surface area contributed by atoms with E-state index in [9.17, 15) is 14.4 Å². The molecule has 0 spiro atoms. The van der Waals surface area contributed by atoms with Crippen molar-refractivity contribution < 1.29 is 76.0 Å². The molecular formula is C94H97Cl10N13O16. The Kier molecular flexibility index (Phi) is 37.2. The second kappa shape index (κ2) is 47.9. The van der Waals surface area contributed by atoms with E-state index in [4.69, 9.17) is 189 Å². The van der Waals surface area contributed by atoms with Gasteiger partial charge in [0.1, 0.15) is 51.6 Å². The highest BCUT2D eigenvalue weighted by molar-refractivity contribution is 6.66. The number of methoxy groups -OCH3 is 8. The SMILES string of the molecule is C=CC(=O)C[C@H]1COC[C@H]1Nc1ncc2cc(-c3c(Cl)c(OC)cc(OC)c3Cl)ccc2n1.C=CC(=O)Cl.COc1cc(OC)c(Cl)c(-c2ccc3nc(Cl)ncc3c2)c1Cl.COc1cc(OC)c(Cl)c(-c2ccc3nc(N[C@@H]4COC[C@@H]4CC(=O)OC(C)(C)C)ncc3c2)c1Cl.COc1cc(OC)c(Cl)c(-c2ccc3nc(N[C@@H]4COC[C@@H]4N)ncc3c2)c1Cl.C[C@H]1COC[C@H]1N. The number of carbonyl (C=O) groups excluding carboxylic acids is 3. The van der Waals surface area contributed by atoms with Gasteiger partial charge >= 0.3 is 5.97 Å². The molecule has 12 aromatic rings. The van der Waals surface area contributed by atoms with Crippen molar-refractivity contribution in [1.82, 2.24) is 39.9 Å². The molecular weight excluding hydrogens is 1920 g/mol. The first-order valence-electron chi connectivity index (χ1n) is 41.1. The number of benzene rings is 8. The largest absolute Gasteiger partial charge is 0.495 e. The minimum Gasteiger partial charge on any atom is -0.495 e. The van der Waals surface area contributed by atoms with Gasteiger partial charge in [0.25, 0.3) is 0 Å². The summed E-state index contributed by atoms with van der Waals surface area (Å²) in [5.74, 6) is 5.55. The first kappa shape index (κ1) is 103. The molecule has 0 radical (unpaired) electrons. The van der Waals surface area contributed by atoms with Crippen molar-refractivity contribution in [3.63, 3.8) is 0 Å². The van der Waals surface area contributed by atoms with Gasteiger partial charge in [-0.1, -0.05) is 137 Å². The van der Waals surface area contributed by atoms with Gasteiger partial charge < -0.3 is 89.0 Å². The highest BCUT2D eigenvalue weighted by Crippen LogP contribution is 2.51. The van der Waals surface area contributed by atoms with Crippen LogP contribution in [0.1, 0.15) is 40.5 Å². The fraction of sp³-hybridized carbons (Fsp3) is 0.330. The van der Waals surface area contributed by atoms with Crippen molar-refractivity contribution in [3.05, 3.63) is 193 Å². The summed E-state index contributed by atoms with van der Waals surface area (Å²) in [6.07, 6.45) is 9.87. The Morgan fingerprint density at radius 2 is 0.684 bits per heavy atom. The molecule has 29 nitrogen and oxygen atoms in total. The van der Waals surface area contributed by atoms with Crippen LogP contribution < -0.4 is 65.3 Å². The summed E-state index contributed by atoms with van der Waals surface area (Å²) in [7, 11) is 12.3. The maximum absolute atomic E-state index is 12.3. The van der Waals surface area contributed by atoms with Crippen LogP contribution in [0.3, 0.4) is 0 Å². The molecule has 0 bridgehead atoms. The summed E-state index contributed by atoms with van der Waals surface area (Å²) >= 11 is 62.7. The maximum Gasteiger partial charge on any atom is 0.306 e. The zero-order valence-electron chi connectivity index (χ0n) is 74.3. The third-order valence-electron chi connectivity index (χ3n) is 21.3. The minimum atomic E-state index is -0.524. The summed E-state index contributed by atoms with van der Waals surface area (Å²) in [6, 6.07) is 29.3. The van der Waals surface area contributed by atoms with E-state index >= 15 is 0 Å². The van der Waals surface area contributed by atoms with Crippen LogP contribution in [0.15, 0.2) is 147 Å². The predicted molar refractivity (Wildman–Crippen MR) is 526 cm³/mol. The van der Waals surface area contributed by atoms with Crippen molar-refractivity contribution >= 4 is 194 Å². The zero-order valence-corrected chi connectivity index (χ0v) is 81.9. The second-order valence-electron chi connectivity index (χ2n) is 31.4. The van der Waals surface area contributed by atoms with Crippen LogP contribution in [-0.2, 0) is 38.1 Å². The highest BCUT2D eigenvalue weighted by atomic mass is 35.5. The van der Waals surface area contributed by atoms with Crippen LogP contribution in [0.5, 0.6) is 46.0 Å². The van der Waals surface area contributed by atoms with E-state index in [2.05, 4.69) is 75.9 Å². The number of rotatable bonds is 24. The molecule has 39 heteroatoms. The number of hydrogen-bond donors (Lipinski definition) is 5. The van der Waals surface area contributed by atoms with Crippen LogP contribution in [0.2, 0.25) is 45.5 Å². The van der Waals surface area contributed by atoms with Gasteiger partial charge in [0.15, 0.2) is 5.78 Å². The van der Waals surface area contributed by atoms with E-state index in [0.29, 0.717) is 184 Å². The molecule has 0 amide bonds. The normalized spacial score (nSPS) is 17.6. The van der Waals surface area contributed by atoms with Gasteiger partial charge in [-0.15, -0.1) is 0 Å². The van der Waals surface area contributed by atoms with Crippen LogP contribution in [0, 0.1) is 17.8 Å². The van der Waals surface area contributed by atoms with Gasteiger partial charge in [-0.3, -0.25) is 14.4 Å². The Morgan fingerprint density at radius 3 is 0.955 bits per heavy atom. The van der Waals surface area contributed by atoms with Crippen molar-refractivity contribution in [1.29, 1.82) is 0 Å². The van der Waals surface area contributed by atoms with Crippen molar-refractivity contribution in [3.8, 4) is 90.5 Å². The van der Waals surface area contributed by atoms with E-state index in [1.54, 1.807) is 63.3 Å². The van der Waals surface area contributed by atoms with Crippen LogP contribution >= 0.6 is 116 Å². The topological polar surface area (TPSA) is 362 Å². The third kappa shape index (κ3) is 26.1. The Hall–Kier alpha value is -10.1. The lowest BCUT2D eigenvalue weighted by Crippen LogP contribution is -2.39. The Labute approximate surface area is 818 Å². The van der Waals surface area contributed by atoms with Crippen LogP contribution in [0.4, 0.5) is 17.8 Å². The Bertz CT molecular complexity index is 6110. The van der Waals surface area contributed by atoms with Gasteiger partial charge in [-0.2, -0.15) is 0 Å². The molecule has 8 heterocycles. The monoisotopic (exact) mass is 2010 g/mol. The maximum atomic E-state index is 12.3. The van der Waals surface area contributed by atoms with Gasteiger partial charge in [0, 0.05) is 117 Å². The molecule has 0 aliphatic carbocycles. The van der Waals surface area contributed by atoms with Crippen LogP contribution in [-0.4, -0.2) is 202 Å². The van der Waals surface area contributed by atoms with Crippen molar-refractivity contribution in [2.75, 3.05) is 126 Å². The number of esters is 1. The molecule has 4 fully saturated rings. The highest BCUT2D eigenvalue weighted by Gasteiger charge is 2.35. The number of allylic oxidation sites excluding steroid dienone is 2. The number of hydrogen-bond acceptors (Lipinski definition) is 29. The van der Waals surface area contributed by atoms with Gasteiger partial charge in [-0.25, -0.2) is 39.9 Å². The van der Waals surface area contributed by atoms with Gasteiger partial charge in [-0.05, 0) is 133 Å². The first-order valence-corrected chi connectivity index (χ1v) is 44.9. The smallest absolute Gasteiger partial charge is 0.306 e. The van der Waals surface area contributed by atoms with E-state index in [0.717, 1.165) is 85.2 Å². The average molecular weight is 2020 g/mol. The molecule has 0 saturated carbocycles. The molecule has 4 aliphatic rings. The molecule has 7 N–H and O–H groups in total. The molecule has 4 aliphatic heterocycles. The summed E-state index contributed by atoms with van der Waals surface area (Å²) < 4.78 is 69.8. The molecule has 704 valence electrons. The molecule has 16 rings (SSSR count). The summed E-state index contributed by atoms with van der Waals surface area (Å²) in [4.78, 5) is 68.8. The van der Waals surface area contributed by atoms with E-state index in [1.807, 2.05) is 93.6 Å². The number of nitrogens with one attached hydrogen (secondary N) is 3. The standard InChI is InChI=1S/C26H29Cl2N3O5.C24H23Cl2N3O4.C20H20Cl2N4O3.C16H11Cl3N2O2.C5H11NO.C3H3ClO/c1-26(2,3)36-21(32)9-16-12-35-13-18(16)31-25-29-11-15-8-14(6-7-17(15)30-25)22-23(27)19(33-4)10-20(34-5)24(22)28;1-4-16(30)8-15-11-33-12-18(15)29-24-27-10-14-7-13(5-6-17(14)28-24)21-22(25)19(31-2)9-20(32-3)23(21)26;1-27-15-6-16(28-2)19(22)17(18(15)21)10-3-4-13-11(5-10)7-24-20(25-13)26-14-9-29-8-12(14)23;1-22-11-6-12(23-2)15(18)13(14(11)17)8-3-4-10-9(5-8)7-20-16(19)21-10;1-4-2-7-3-5(4)6;1-2-3(4)5/h6-8,10-11,16,18H,9,12-13H2,1-5H3,(H,29,30,31);4-7,9-10,15,18H,1,8,11-12H2,2-3H3,(H,27,28,29);3-7,12,14H,8-9,23H2,1-2H3,(H,24,25,26);3-7H,1-2H3;4-5H,2-3,6H2,1H3;2H,1H2/t16-,18+;15-,18+;12-,14+;;4-,5+;/m000.0./s1. The number of anilines is 3. The number of aromatic nitrogens is 8. The molecule has 8 aromatic carbocycles. The third-order valence-corrected chi connectivity index (χ3v) is 24.7.